The summed E-state index contributed by atoms with van der Waals surface area (Å²) in [6.07, 6.45) is 0.486. The Balaban J connectivity index is 3.02. The summed E-state index contributed by atoms with van der Waals surface area (Å²) in [4.78, 5) is 11.4. The highest BCUT2D eigenvalue weighted by atomic mass is 32.2. The van der Waals surface area contributed by atoms with Crippen LogP contribution < -0.4 is 5.73 Å². The van der Waals surface area contributed by atoms with E-state index in [-0.39, 0.29) is 17.9 Å². The maximum Gasteiger partial charge on any atom is 0.306 e. The number of hydrogen-bond acceptors (Lipinski definition) is 5. The molecule has 16 heavy (non-hydrogen) atoms. The molecular formula is C10H19NO4S. The van der Waals surface area contributed by atoms with E-state index in [1.165, 1.54) is 7.11 Å². The summed E-state index contributed by atoms with van der Waals surface area (Å²) < 4.78 is 27.7. The number of hydrogen-bond donors (Lipinski definition) is 1. The van der Waals surface area contributed by atoms with Gasteiger partial charge in [0.2, 0.25) is 0 Å². The van der Waals surface area contributed by atoms with Crippen LogP contribution in [0.25, 0.3) is 0 Å². The zero-order valence-corrected chi connectivity index (χ0v) is 10.8. The fourth-order valence-electron chi connectivity index (χ4n) is 2.14. The zero-order valence-electron chi connectivity index (χ0n) is 9.95. The summed E-state index contributed by atoms with van der Waals surface area (Å²) in [6, 6.07) is 0. The van der Waals surface area contributed by atoms with Gasteiger partial charge in [0.05, 0.1) is 25.0 Å². The Morgan fingerprint density at radius 1 is 1.50 bits per heavy atom. The quantitative estimate of drug-likeness (QED) is 0.716. The number of carbonyl (C=O) groups is 1. The Hall–Kier alpha value is -0.620. The first-order valence-corrected chi connectivity index (χ1v) is 7.00. The van der Waals surface area contributed by atoms with Crippen LogP contribution in [0.1, 0.15) is 26.7 Å². The van der Waals surface area contributed by atoms with Gasteiger partial charge in [-0.3, -0.25) is 4.79 Å². The van der Waals surface area contributed by atoms with Gasteiger partial charge in [-0.05, 0) is 20.3 Å². The third kappa shape index (κ3) is 2.55. The highest BCUT2D eigenvalue weighted by Crippen LogP contribution is 2.43. The number of rotatable bonds is 3. The third-order valence-electron chi connectivity index (χ3n) is 3.47. The SMILES string of the molecule is COC(=O)CC1(C(C)(C)N)CCS(=O)(=O)C1. The van der Waals surface area contributed by atoms with Crippen LogP contribution in [0.5, 0.6) is 0 Å². The largest absolute Gasteiger partial charge is 0.469 e. The van der Waals surface area contributed by atoms with Gasteiger partial charge in [-0.15, -0.1) is 0 Å². The molecule has 0 spiro atoms. The molecule has 0 amide bonds. The number of sulfone groups is 1. The second kappa shape index (κ2) is 4.00. The number of methoxy groups -OCH3 is 1. The van der Waals surface area contributed by atoms with Crippen molar-refractivity contribution < 1.29 is 17.9 Å². The molecule has 2 N–H and O–H groups in total. The van der Waals surface area contributed by atoms with Gasteiger partial charge in [0.1, 0.15) is 0 Å². The number of carbonyl (C=O) groups excluding carboxylic acids is 1. The molecule has 1 rings (SSSR count). The first-order valence-electron chi connectivity index (χ1n) is 5.18. The summed E-state index contributed by atoms with van der Waals surface area (Å²) in [5.74, 6) is -0.334. The Labute approximate surface area is 96.3 Å². The molecule has 1 aliphatic rings. The maximum atomic E-state index is 11.6. The van der Waals surface area contributed by atoms with Gasteiger partial charge in [-0.1, -0.05) is 0 Å². The van der Waals surface area contributed by atoms with E-state index in [2.05, 4.69) is 4.74 Å². The number of nitrogens with two attached hydrogens (primary N) is 1. The first-order chi connectivity index (χ1) is 7.12. The Morgan fingerprint density at radius 3 is 2.38 bits per heavy atom. The lowest BCUT2D eigenvalue weighted by atomic mass is 9.69. The summed E-state index contributed by atoms with van der Waals surface area (Å²) in [5, 5.41) is 0. The van der Waals surface area contributed by atoms with Gasteiger partial charge in [0.15, 0.2) is 9.84 Å². The summed E-state index contributed by atoms with van der Waals surface area (Å²) in [6.45, 7) is 3.52. The average Bonchev–Trinajstić information content (AvgIpc) is 2.41. The fourth-order valence-corrected chi connectivity index (χ4v) is 4.45. The molecule has 0 aromatic carbocycles. The molecular weight excluding hydrogens is 230 g/mol. The molecule has 1 aliphatic heterocycles. The van der Waals surface area contributed by atoms with Gasteiger partial charge in [0.25, 0.3) is 0 Å². The first kappa shape index (κ1) is 13.4. The summed E-state index contributed by atoms with van der Waals surface area (Å²) in [5.41, 5.74) is 4.61. The highest BCUT2D eigenvalue weighted by Gasteiger charge is 2.51. The minimum Gasteiger partial charge on any atom is -0.469 e. The standard InChI is InChI=1S/C10H19NO4S/c1-9(2,11)10(6-8(12)15-3)4-5-16(13,14)7-10/h4-7,11H2,1-3H3. The maximum absolute atomic E-state index is 11.6. The lowest BCUT2D eigenvalue weighted by Crippen LogP contribution is -2.52. The lowest BCUT2D eigenvalue weighted by molar-refractivity contribution is -0.144. The zero-order chi connectivity index (χ0) is 12.6. The van der Waals surface area contributed by atoms with Crippen LogP contribution in [-0.4, -0.2) is 38.5 Å². The molecule has 1 atom stereocenters. The molecule has 0 radical (unpaired) electrons. The predicted octanol–water partition coefficient (Wildman–Crippen LogP) is 0.0917. The smallest absolute Gasteiger partial charge is 0.306 e. The van der Waals surface area contributed by atoms with E-state index >= 15 is 0 Å². The molecule has 0 saturated carbocycles. The van der Waals surface area contributed by atoms with Crippen molar-refractivity contribution in [2.45, 2.75) is 32.2 Å². The van der Waals surface area contributed by atoms with Crippen molar-refractivity contribution in [1.82, 2.24) is 0 Å². The minimum atomic E-state index is -3.08. The van der Waals surface area contributed by atoms with E-state index in [0.29, 0.717) is 6.42 Å². The van der Waals surface area contributed by atoms with Crippen molar-refractivity contribution in [2.24, 2.45) is 11.1 Å². The number of ether oxygens (including phenoxy) is 1. The molecule has 0 aromatic rings. The second-order valence-electron chi connectivity index (χ2n) is 5.10. The van der Waals surface area contributed by atoms with Gasteiger partial charge < -0.3 is 10.5 Å². The number of esters is 1. The lowest BCUT2D eigenvalue weighted by Gasteiger charge is -2.39. The minimum absolute atomic E-state index is 0.0292. The second-order valence-corrected chi connectivity index (χ2v) is 7.28. The van der Waals surface area contributed by atoms with Crippen molar-refractivity contribution in [3.05, 3.63) is 0 Å². The average molecular weight is 249 g/mol. The van der Waals surface area contributed by atoms with Crippen LogP contribution in [0, 0.1) is 5.41 Å². The molecule has 94 valence electrons. The highest BCUT2D eigenvalue weighted by molar-refractivity contribution is 7.91. The Bertz CT molecular complexity index is 382. The van der Waals surface area contributed by atoms with E-state index in [9.17, 15) is 13.2 Å². The molecule has 0 bridgehead atoms. The topological polar surface area (TPSA) is 86.5 Å². The van der Waals surface area contributed by atoms with Crippen molar-refractivity contribution >= 4 is 15.8 Å². The van der Waals surface area contributed by atoms with Gasteiger partial charge in [0, 0.05) is 11.0 Å². The van der Waals surface area contributed by atoms with Crippen LogP contribution in [0.15, 0.2) is 0 Å². The van der Waals surface area contributed by atoms with Crippen molar-refractivity contribution in [3.63, 3.8) is 0 Å². The van der Waals surface area contributed by atoms with Gasteiger partial charge >= 0.3 is 5.97 Å². The van der Waals surface area contributed by atoms with Crippen LogP contribution in [-0.2, 0) is 19.4 Å². The monoisotopic (exact) mass is 249 g/mol. The molecule has 1 saturated heterocycles. The van der Waals surface area contributed by atoms with Crippen molar-refractivity contribution in [1.29, 1.82) is 0 Å². The molecule has 1 heterocycles. The van der Waals surface area contributed by atoms with Gasteiger partial charge in [-0.2, -0.15) is 0 Å². The molecule has 1 unspecified atom stereocenters. The van der Waals surface area contributed by atoms with Crippen LogP contribution >= 0.6 is 0 Å². The summed E-state index contributed by atoms with van der Waals surface area (Å²) in [7, 11) is -1.78. The Kier molecular flexibility index (Phi) is 3.36. The fraction of sp³-hybridized carbons (Fsp3) is 0.900. The third-order valence-corrected chi connectivity index (χ3v) is 5.28. The molecule has 1 fully saturated rings. The predicted molar refractivity (Wildman–Crippen MR) is 60.6 cm³/mol. The van der Waals surface area contributed by atoms with E-state index < -0.39 is 26.8 Å². The van der Waals surface area contributed by atoms with Crippen molar-refractivity contribution in [3.8, 4) is 0 Å². The molecule has 6 heteroatoms. The molecule has 0 aliphatic carbocycles. The normalized spacial score (nSPS) is 29.0. The van der Waals surface area contributed by atoms with Crippen LogP contribution in [0.3, 0.4) is 0 Å². The molecule has 5 nitrogen and oxygen atoms in total. The van der Waals surface area contributed by atoms with Crippen LogP contribution in [0.2, 0.25) is 0 Å². The van der Waals surface area contributed by atoms with Gasteiger partial charge in [-0.25, -0.2) is 8.42 Å². The van der Waals surface area contributed by atoms with Crippen molar-refractivity contribution in [2.75, 3.05) is 18.6 Å². The van der Waals surface area contributed by atoms with E-state index in [1.807, 2.05) is 0 Å². The molecule has 0 aromatic heterocycles. The van der Waals surface area contributed by atoms with E-state index in [0.717, 1.165) is 0 Å². The van der Waals surface area contributed by atoms with E-state index in [1.54, 1.807) is 13.8 Å². The summed E-state index contributed by atoms with van der Waals surface area (Å²) >= 11 is 0. The van der Waals surface area contributed by atoms with Crippen LogP contribution in [0.4, 0.5) is 0 Å². The Morgan fingerprint density at radius 2 is 2.06 bits per heavy atom. The van der Waals surface area contributed by atoms with E-state index in [4.69, 9.17) is 5.73 Å².